The van der Waals surface area contributed by atoms with Crippen molar-refractivity contribution in [1.82, 2.24) is 19.4 Å². The van der Waals surface area contributed by atoms with E-state index in [1.807, 2.05) is 47.0 Å². The Morgan fingerprint density at radius 2 is 1.62 bits per heavy atom. The van der Waals surface area contributed by atoms with Crippen LogP contribution in [0.4, 0.5) is 4.39 Å². The van der Waals surface area contributed by atoms with Gasteiger partial charge in [-0.3, -0.25) is 14.5 Å². The molecule has 0 spiro atoms. The molecule has 0 radical (unpaired) electrons. The fraction of sp³-hybridized carbons (Fsp3) is 0.152. The Morgan fingerprint density at radius 1 is 0.821 bits per heavy atom. The van der Waals surface area contributed by atoms with Gasteiger partial charge in [0.15, 0.2) is 5.82 Å². The third-order valence-corrected chi connectivity index (χ3v) is 7.36. The van der Waals surface area contributed by atoms with Gasteiger partial charge >= 0.3 is 0 Å². The normalized spacial score (nSPS) is 13.3. The Hall–Kier alpha value is -4.55. The van der Waals surface area contributed by atoms with Gasteiger partial charge in [-0.15, -0.1) is 0 Å². The van der Waals surface area contributed by atoms with Crippen molar-refractivity contribution in [1.29, 1.82) is 0 Å². The highest BCUT2D eigenvalue weighted by atomic mass is 19.1. The van der Waals surface area contributed by atoms with Gasteiger partial charge < -0.3 is 4.74 Å². The lowest BCUT2D eigenvalue weighted by Crippen LogP contribution is -2.28. The number of imidazole rings is 1. The summed E-state index contributed by atoms with van der Waals surface area (Å²) in [7, 11) is 0. The molecule has 0 saturated carbocycles. The quantitative estimate of drug-likeness (QED) is 0.212. The van der Waals surface area contributed by atoms with Crippen LogP contribution >= 0.6 is 0 Å². The van der Waals surface area contributed by atoms with E-state index < -0.39 is 0 Å². The zero-order chi connectivity index (χ0) is 26.2. The van der Waals surface area contributed by atoms with Crippen molar-refractivity contribution in [2.24, 2.45) is 0 Å². The minimum absolute atomic E-state index is 0.311. The molecule has 0 amide bonds. The second kappa shape index (κ2) is 9.97. The maximum atomic E-state index is 13.9. The first-order valence-corrected chi connectivity index (χ1v) is 13.3. The summed E-state index contributed by atoms with van der Waals surface area (Å²) in [5.74, 6) is 1.18. The lowest BCUT2D eigenvalue weighted by atomic mass is 9.95. The molecule has 0 unspecified atom stereocenters. The van der Waals surface area contributed by atoms with Gasteiger partial charge in [0.05, 0.1) is 17.6 Å². The topological polar surface area (TPSA) is 43.2 Å². The van der Waals surface area contributed by atoms with Crippen LogP contribution in [0.25, 0.3) is 39.0 Å². The van der Waals surface area contributed by atoms with Gasteiger partial charge in [0.25, 0.3) is 0 Å². The summed E-state index contributed by atoms with van der Waals surface area (Å²) < 4.78 is 22.0. The minimum Gasteiger partial charge on any atom is -0.494 e. The minimum atomic E-state index is -0.311. The molecule has 4 aromatic carbocycles. The summed E-state index contributed by atoms with van der Waals surface area (Å²) in [5, 5.41) is 2.76. The first-order valence-electron chi connectivity index (χ1n) is 13.3. The van der Waals surface area contributed by atoms with Gasteiger partial charge in [-0.1, -0.05) is 42.5 Å². The number of pyridine rings is 1. The van der Waals surface area contributed by atoms with Gasteiger partial charge in [-0.25, -0.2) is 9.37 Å². The van der Waals surface area contributed by atoms with Gasteiger partial charge in [-0.05, 0) is 76.9 Å². The molecule has 2 aromatic heterocycles. The first-order chi connectivity index (χ1) is 19.2. The molecule has 6 heteroatoms. The van der Waals surface area contributed by atoms with Crippen LogP contribution in [0.3, 0.4) is 0 Å². The molecule has 7 rings (SSSR count). The Bertz CT molecular complexity index is 1740. The van der Waals surface area contributed by atoms with Crippen LogP contribution in [-0.2, 0) is 13.1 Å². The largest absolute Gasteiger partial charge is 0.494 e. The van der Waals surface area contributed by atoms with Gasteiger partial charge in [0.2, 0.25) is 0 Å². The number of halogens is 1. The highest BCUT2D eigenvalue weighted by Gasteiger charge is 2.18. The number of hydrogen-bond acceptors (Lipinski definition) is 4. The Balaban J connectivity index is 1.04. The van der Waals surface area contributed by atoms with Crippen LogP contribution in [0.1, 0.15) is 17.5 Å². The predicted octanol–water partition coefficient (Wildman–Crippen LogP) is 7.16. The molecular weight excluding hydrogens is 487 g/mol. The number of benzene rings is 4. The third kappa shape index (κ3) is 4.53. The molecule has 192 valence electrons. The second-order valence-electron chi connectivity index (χ2n) is 9.96. The molecule has 0 atom stereocenters. The molecule has 1 aliphatic heterocycles. The zero-order valence-corrected chi connectivity index (χ0v) is 21.4. The molecule has 6 aromatic rings. The van der Waals surface area contributed by atoms with E-state index in [4.69, 9.17) is 9.72 Å². The van der Waals surface area contributed by atoms with Crippen LogP contribution in [0, 0.1) is 5.82 Å². The molecule has 0 N–H and O–H groups in total. The van der Waals surface area contributed by atoms with Crippen molar-refractivity contribution >= 4 is 21.8 Å². The summed E-state index contributed by atoms with van der Waals surface area (Å²) >= 11 is 0. The summed E-state index contributed by atoms with van der Waals surface area (Å²) in [4.78, 5) is 11.7. The molecule has 0 saturated heterocycles. The third-order valence-electron chi connectivity index (χ3n) is 7.36. The van der Waals surface area contributed by atoms with E-state index in [0.717, 1.165) is 48.7 Å². The van der Waals surface area contributed by atoms with E-state index in [1.54, 1.807) is 12.3 Å². The van der Waals surface area contributed by atoms with Crippen molar-refractivity contribution in [2.75, 3.05) is 13.2 Å². The van der Waals surface area contributed by atoms with Crippen LogP contribution in [0.5, 0.6) is 5.75 Å². The van der Waals surface area contributed by atoms with E-state index in [0.29, 0.717) is 17.9 Å². The predicted molar refractivity (Wildman–Crippen MR) is 152 cm³/mol. The molecule has 39 heavy (non-hydrogen) atoms. The fourth-order valence-corrected chi connectivity index (χ4v) is 5.61. The van der Waals surface area contributed by atoms with Crippen molar-refractivity contribution < 1.29 is 9.13 Å². The number of nitrogens with zero attached hydrogens (tertiary/aromatic N) is 4. The smallest absolute Gasteiger partial charge is 0.164 e. The standard InChI is InChI=1S/C33H27FN4O/c34-26-11-16-31-30(20-26)36-33(29-10-1-2-17-35-29)38(31)27-12-14-28(15-13-27)39-19-5-18-37-21-24-8-3-6-23-7-4-9-25(22-37)32(23)24/h1-4,6-17,20H,5,18-19,21-22H2. The summed E-state index contributed by atoms with van der Waals surface area (Å²) in [6, 6.07) is 31.5. The lowest BCUT2D eigenvalue weighted by Gasteiger charge is -2.29. The van der Waals surface area contributed by atoms with Crippen molar-refractivity contribution in [3.8, 4) is 23.0 Å². The maximum Gasteiger partial charge on any atom is 0.164 e. The number of hydrogen-bond donors (Lipinski definition) is 0. The van der Waals surface area contributed by atoms with Crippen LogP contribution in [-0.4, -0.2) is 32.6 Å². The van der Waals surface area contributed by atoms with Crippen molar-refractivity contribution in [3.63, 3.8) is 0 Å². The monoisotopic (exact) mass is 514 g/mol. The number of fused-ring (bicyclic) bond motifs is 1. The molecule has 0 aliphatic carbocycles. The van der Waals surface area contributed by atoms with E-state index in [2.05, 4.69) is 46.3 Å². The van der Waals surface area contributed by atoms with Crippen LogP contribution in [0.15, 0.2) is 103 Å². The number of rotatable bonds is 7. The van der Waals surface area contributed by atoms with Gasteiger partial charge in [0.1, 0.15) is 17.3 Å². The molecule has 3 heterocycles. The van der Waals surface area contributed by atoms with Gasteiger partial charge in [-0.2, -0.15) is 0 Å². The summed E-state index contributed by atoms with van der Waals surface area (Å²) in [6.45, 7) is 3.58. The Labute approximate surface area is 226 Å². The molecule has 5 nitrogen and oxygen atoms in total. The second-order valence-corrected chi connectivity index (χ2v) is 9.96. The fourth-order valence-electron chi connectivity index (χ4n) is 5.61. The van der Waals surface area contributed by atoms with E-state index in [-0.39, 0.29) is 5.82 Å². The average Bonchev–Trinajstić information content (AvgIpc) is 3.35. The van der Waals surface area contributed by atoms with Gasteiger partial charge in [0, 0.05) is 37.6 Å². The SMILES string of the molecule is Fc1ccc2c(c1)nc(-c1ccccn1)n2-c1ccc(OCCCN2Cc3cccc4cccc(c34)C2)cc1. The molecule has 1 aliphatic rings. The molecule has 0 bridgehead atoms. The average molecular weight is 515 g/mol. The van der Waals surface area contributed by atoms with Crippen LogP contribution in [0.2, 0.25) is 0 Å². The van der Waals surface area contributed by atoms with E-state index >= 15 is 0 Å². The zero-order valence-electron chi connectivity index (χ0n) is 21.4. The Kier molecular flexibility index (Phi) is 6.02. The first kappa shape index (κ1) is 23.6. The Morgan fingerprint density at radius 3 is 2.36 bits per heavy atom. The maximum absolute atomic E-state index is 13.9. The summed E-state index contributed by atoms with van der Waals surface area (Å²) in [6.07, 6.45) is 2.68. The molecule has 0 fully saturated rings. The lowest BCUT2D eigenvalue weighted by molar-refractivity contribution is 0.219. The highest BCUT2D eigenvalue weighted by Crippen LogP contribution is 2.31. The highest BCUT2D eigenvalue weighted by molar-refractivity contribution is 5.89. The van der Waals surface area contributed by atoms with Crippen LogP contribution < -0.4 is 4.74 Å². The number of aromatic nitrogens is 3. The van der Waals surface area contributed by atoms with Crippen molar-refractivity contribution in [3.05, 3.63) is 120 Å². The van der Waals surface area contributed by atoms with E-state index in [1.165, 1.54) is 34.0 Å². The van der Waals surface area contributed by atoms with Crippen molar-refractivity contribution in [2.45, 2.75) is 19.5 Å². The summed E-state index contributed by atoms with van der Waals surface area (Å²) in [5.41, 5.74) is 5.87. The number of ether oxygens (including phenoxy) is 1. The van der Waals surface area contributed by atoms with E-state index in [9.17, 15) is 4.39 Å². The molecular formula is C33H27FN4O.